The molecule has 1 aliphatic carbocycles. The number of ether oxygens (including phenoxy) is 2. The minimum atomic E-state index is -2.95. The van der Waals surface area contributed by atoms with Crippen LogP contribution in [0.5, 0.6) is 11.5 Å². The molecule has 1 fully saturated rings. The number of amides is 2. The van der Waals surface area contributed by atoms with Crippen LogP contribution in [0.1, 0.15) is 36.8 Å². The maximum absolute atomic E-state index is 12.4. The van der Waals surface area contributed by atoms with E-state index in [4.69, 9.17) is 4.74 Å². The molecule has 2 N–H and O–H groups in total. The average molecular weight is 444 g/mol. The van der Waals surface area contributed by atoms with Crippen LogP contribution in [-0.4, -0.2) is 25.5 Å². The van der Waals surface area contributed by atoms with Crippen molar-refractivity contribution in [2.75, 3.05) is 12.4 Å². The molecule has 2 amide bonds. The summed E-state index contributed by atoms with van der Waals surface area (Å²) in [5.41, 5.74) is 2.16. The molecule has 170 valence electrons. The number of nitrogens with one attached hydrogen (secondary N) is 2. The lowest BCUT2D eigenvalue weighted by molar-refractivity contribution is -0.119. The summed E-state index contributed by atoms with van der Waals surface area (Å²) in [4.78, 5) is 24.5. The number of hydrogen-bond acceptors (Lipinski definition) is 4. The monoisotopic (exact) mass is 444 g/mol. The molecule has 0 heterocycles. The van der Waals surface area contributed by atoms with Crippen LogP contribution in [0.3, 0.4) is 0 Å². The lowest BCUT2D eigenvalue weighted by Gasteiger charge is -2.11. The first-order chi connectivity index (χ1) is 15.4. The van der Waals surface area contributed by atoms with Gasteiger partial charge in [0.15, 0.2) is 11.5 Å². The summed E-state index contributed by atoms with van der Waals surface area (Å²) in [5, 5.41) is 5.73. The highest BCUT2D eigenvalue weighted by molar-refractivity contribution is 5.93. The van der Waals surface area contributed by atoms with Crippen molar-refractivity contribution in [3.05, 3.63) is 59.7 Å². The van der Waals surface area contributed by atoms with Gasteiger partial charge in [-0.25, -0.2) is 0 Å². The number of methoxy groups -OCH3 is 1. The summed E-state index contributed by atoms with van der Waals surface area (Å²) in [6.07, 6.45) is 6.94. The second-order valence-electron chi connectivity index (χ2n) is 7.51. The molecule has 0 saturated heterocycles. The molecule has 0 spiro atoms. The number of anilines is 1. The van der Waals surface area contributed by atoms with Crippen LogP contribution in [0.4, 0.5) is 14.5 Å². The zero-order valence-electron chi connectivity index (χ0n) is 17.8. The normalized spacial score (nSPS) is 14.0. The van der Waals surface area contributed by atoms with E-state index in [0.717, 1.165) is 31.2 Å². The summed E-state index contributed by atoms with van der Waals surface area (Å²) < 4.78 is 34.2. The van der Waals surface area contributed by atoms with E-state index in [2.05, 4.69) is 15.4 Å². The van der Waals surface area contributed by atoms with Crippen LogP contribution < -0.4 is 20.1 Å². The van der Waals surface area contributed by atoms with Crippen molar-refractivity contribution in [1.82, 2.24) is 5.32 Å². The van der Waals surface area contributed by atoms with Crippen molar-refractivity contribution in [2.45, 2.75) is 38.8 Å². The van der Waals surface area contributed by atoms with Gasteiger partial charge in [0.05, 0.1) is 7.11 Å². The van der Waals surface area contributed by atoms with Crippen molar-refractivity contribution in [2.24, 2.45) is 5.92 Å². The van der Waals surface area contributed by atoms with Crippen LogP contribution in [0.2, 0.25) is 0 Å². The molecule has 0 atom stereocenters. The van der Waals surface area contributed by atoms with Crippen LogP contribution in [0, 0.1) is 5.92 Å². The van der Waals surface area contributed by atoms with E-state index in [0.29, 0.717) is 17.8 Å². The standard InChI is InChI=1S/C24H26F2N2O4/c1-31-21-14-16(9-11-20(21)32-24(25)26)10-12-22(29)27-15-17-5-4-8-19(13-17)28-23(30)18-6-2-3-7-18/h4-5,8-14,18,24H,2-3,6-7,15H2,1H3,(H,27,29)(H,28,30)/b12-10+. The maximum Gasteiger partial charge on any atom is 0.387 e. The molecule has 0 bridgehead atoms. The molecular weight excluding hydrogens is 418 g/mol. The molecule has 3 rings (SSSR count). The number of carbonyl (C=O) groups excluding carboxylic acids is 2. The summed E-state index contributed by atoms with van der Waals surface area (Å²) in [6.45, 7) is -2.66. The van der Waals surface area contributed by atoms with Gasteiger partial charge in [0, 0.05) is 24.2 Å². The van der Waals surface area contributed by atoms with Crippen molar-refractivity contribution in [3.8, 4) is 11.5 Å². The van der Waals surface area contributed by atoms with Gasteiger partial charge in [-0.05, 0) is 54.3 Å². The third-order valence-electron chi connectivity index (χ3n) is 5.22. The highest BCUT2D eigenvalue weighted by Gasteiger charge is 2.22. The van der Waals surface area contributed by atoms with Gasteiger partial charge in [-0.3, -0.25) is 9.59 Å². The Labute approximate surface area is 185 Å². The molecule has 1 aliphatic rings. The Morgan fingerprint density at radius 3 is 2.62 bits per heavy atom. The number of alkyl halides is 2. The predicted molar refractivity (Wildman–Crippen MR) is 118 cm³/mol. The fraction of sp³-hybridized carbons (Fsp3) is 0.333. The Bertz CT molecular complexity index is 972. The first kappa shape index (κ1) is 23.2. The van der Waals surface area contributed by atoms with Crippen molar-refractivity contribution in [1.29, 1.82) is 0 Å². The van der Waals surface area contributed by atoms with Crippen LogP contribution in [-0.2, 0) is 16.1 Å². The molecule has 0 radical (unpaired) electrons. The summed E-state index contributed by atoms with van der Waals surface area (Å²) in [7, 11) is 1.35. The molecule has 2 aromatic rings. The van der Waals surface area contributed by atoms with Crippen LogP contribution >= 0.6 is 0 Å². The Kier molecular flexibility index (Phi) is 8.19. The molecule has 0 aliphatic heterocycles. The third-order valence-corrected chi connectivity index (χ3v) is 5.22. The Hall–Kier alpha value is -3.42. The van der Waals surface area contributed by atoms with E-state index < -0.39 is 6.61 Å². The smallest absolute Gasteiger partial charge is 0.387 e. The van der Waals surface area contributed by atoms with Crippen molar-refractivity contribution >= 4 is 23.6 Å². The second-order valence-corrected chi connectivity index (χ2v) is 7.51. The van der Waals surface area contributed by atoms with E-state index in [-0.39, 0.29) is 29.2 Å². The van der Waals surface area contributed by atoms with Gasteiger partial charge in [0.25, 0.3) is 0 Å². The lowest BCUT2D eigenvalue weighted by atomic mass is 10.1. The summed E-state index contributed by atoms with van der Waals surface area (Å²) in [5.74, 6) is -0.129. The number of hydrogen-bond donors (Lipinski definition) is 2. The zero-order valence-corrected chi connectivity index (χ0v) is 17.8. The van der Waals surface area contributed by atoms with Gasteiger partial charge in [-0.2, -0.15) is 8.78 Å². The zero-order chi connectivity index (χ0) is 22.9. The molecule has 6 nitrogen and oxygen atoms in total. The summed E-state index contributed by atoms with van der Waals surface area (Å²) >= 11 is 0. The molecule has 32 heavy (non-hydrogen) atoms. The van der Waals surface area contributed by atoms with Crippen LogP contribution in [0.25, 0.3) is 6.08 Å². The summed E-state index contributed by atoms with van der Waals surface area (Å²) in [6, 6.07) is 11.8. The highest BCUT2D eigenvalue weighted by Crippen LogP contribution is 2.30. The van der Waals surface area contributed by atoms with Gasteiger partial charge in [0.1, 0.15) is 0 Å². The largest absolute Gasteiger partial charge is 0.493 e. The fourth-order valence-corrected chi connectivity index (χ4v) is 3.59. The molecule has 1 saturated carbocycles. The predicted octanol–water partition coefficient (Wildman–Crippen LogP) is 4.75. The molecular formula is C24H26F2N2O4. The van der Waals surface area contributed by atoms with E-state index in [1.165, 1.54) is 25.3 Å². The molecule has 8 heteroatoms. The minimum absolute atomic E-state index is 0.0482. The Morgan fingerprint density at radius 1 is 1.12 bits per heavy atom. The molecule has 0 aromatic heterocycles. The third kappa shape index (κ3) is 6.80. The van der Waals surface area contributed by atoms with Gasteiger partial charge in [0.2, 0.25) is 11.8 Å². The van der Waals surface area contributed by atoms with Gasteiger partial charge < -0.3 is 20.1 Å². The quantitative estimate of drug-likeness (QED) is 0.547. The lowest BCUT2D eigenvalue weighted by Crippen LogP contribution is -2.21. The number of benzene rings is 2. The first-order valence-corrected chi connectivity index (χ1v) is 10.4. The van der Waals surface area contributed by atoms with Gasteiger partial charge >= 0.3 is 6.61 Å². The van der Waals surface area contributed by atoms with E-state index in [9.17, 15) is 18.4 Å². The van der Waals surface area contributed by atoms with Gasteiger partial charge in [-0.15, -0.1) is 0 Å². The van der Waals surface area contributed by atoms with Crippen molar-refractivity contribution in [3.63, 3.8) is 0 Å². The van der Waals surface area contributed by atoms with Crippen LogP contribution in [0.15, 0.2) is 48.5 Å². The highest BCUT2D eigenvalue weighted by atomic mass is 19.3. The maximum atomic E-state index is 12.4. The van der Waals surface area contributed by atoms with Gasteiger partial charge in [-0.1, -0.05) is 31.0 Å². The SMILES string of the molecule is COc1cc(/C=C/C(=O)NCc2cccc(NC(=O)C3CCCC3)c2)ccc1OC(F)F. The minimum Gasteiger partial charge on any atom is -0.493 e. The first-order valence-electron chi connectivity index (χ1n) is 10.4. The molecule has 2 aromatic carbocycles. The number of halogens is 2. The number of rotatable bonds is 9. The topological polar surface area (TPSA) is 76.7 Å². The fourth-order valence-electron chi connectivity index (χ4n) is 3.59. The Morgan fingerprint density at radius 2 is 1.91 bits per heavy atom. The van der Waals surface area contributed by atoms with E-state index in [1.807, 2.05) is 24.3 Å². The number of carbonyl (C=O) groups is 2. The Balaban J connectivity index is 1.53. The van der Waals surface area contributed by atoms with E-state index >= 15 is 0 Å². The van der Waals surface area contributed by atoms with Crippen molar-refractivity contribution < 1.29 is 27.8 Å². The molecule has 0 unspecified atom stereocenters. The second kappa shape index (κ2) is 11.3. The average Bonchev–Trinajstić information content (AvgIpc) is 3.32. The van der Waals surface area contributed by atoms with E-state index in [1.54, 1.807) is 12.1 Å².